The lowest BCUT2D eigenvalue weighted by Gasteiger charge is -2.19. The zero-order chi connectivity index (χ0) is 25.7. The summed E-state index contributed by atoms with van der Waals surface area (Å²) in [6.45, 7) is 8.61. The molecule has 6 nitrogen and oxygen atoms in total. The fourth-order valence-electron chi connectivity index (χ4n) is 4.17. The molecule has 0 N–H and O–H groups in total. The van der Waals surface area contributed by atoms with Crippen molar-refractivity contribution in [2.45, 2.75) is 40.3 Å². The monoisotopic (exact) mass is 479 g/mol. The summed E-state index contributed by atoms with van der Waals surface area (Å²) >= 11 is 0. The zero-order valence-electron chi connectivity index (χ0n) is 21.0. The molecule has 0 spiro atoms. The molecular formula is C30H29N3O3. The van der Waals surface area contributed by atoms with Gasteiger partial charge in [0.05, 0.1) is 36.5 Å². The Morgan fingerprint density at radius 1 is 0.972 bits per heavy atom. The van der Waals surface area contributed by atoms with E-state index in [1.165, 1.54) is 0 Å². The van der Waals surface area contributed by atoms with Crippen LogP contribution in [0.1, 0.15) is 37.6 Å². The van der Waals surface area contributed by atoms with Gasteiger partial charge in [0.1, 0.15) is 5.75 Å². The number of nitriles is 1. The second-order valence-electron chi connectivity index (χ2n) is 8.72. The Balaban J connectivity index is 1.70. The molecule has 182 valence electrons. The van der Waals surface area contributed by atoms with E-state index in [4.69, 9.17) is 9.47 Å². The number of nitrogens with zero attached hydrogens (tertiary/aromatic N) is 3. The van der Waals surface area contributed by atoms with Crippen LogP contribution in [0.5, 0.6) is 11.8 Å². The van der Waals surface area contributed by atoms with Crippen molar-refractivity contribution in [2.24, 2.45) is 0 Å². The summed E-state index contributed by atoms with van der Waals surface area (Å²) in [4.78, 5) is 17.3. The Morgan fingerprint density at radius 3 is 2.28 bits per heavy atom. The molecule has 1 aromatic heterocycles. The molecule has 4 aromatic rings. The van der Waals surface area contributed by atoms with Crippen molar-refractivity contribution in [3.05, 3.63) is 100.0 Å². The minimum Gasteiger partial charge on any atom is -0.491 e. The maximum Gasteiger partial charge on any atom is 0.300 e. The molecule has 1 heterocycles. The maximum absolute atomic E-state index is 13.0. The van der Waals surface area contributed by atoms with Crippen molar-refractivity contribution in [2.75, 3.05) is 6.61 Å². The van der Waals surface area contributed by atoms with Gasteiger partial charge >= 0.3 is 0 Å². The molecule has 0 aliphatic carbocycles. The van der Waals surface area contributed by atoms with Gasteiger partial charge in [0.2, 0.25) is 0 Å². The van der Waals surface area contributed by atoms with Crippen molar-refractivity contribution >= 4 is 0 Å². The van der Waals surface area contributed by atoms with Crippen LogP contribution in [-0.4, -0.2) is 22.3 Å². The number of hydrogen-bond acceptors (Lipinski definition) is 5. The summed E-state index contributed by atoms with van der Waals surface area (Å²) in [5, 5.41) is 9.43. The number of hydrogen-bond donors (Lipinski definition) is 0. The van der Waals surface area contributed by atoms with Crippen LogP contribution in [0, 0.1) is 18.3 Å². The largest absolute Gasteiger partial charge is 0.491 e. The van der Waals surface area contributed by atoms with Crippen LogP contribution in [0.2, 0.25) is 0 Å². The number of aromatic nitrogens is 2. The van der Waals surface area contributed by atoms with E-state index in [0.717, 1.165) is 33.7 Å². The van der Waals surface area contributed by atoms with Gasteiger partial charge in [-0.3, -0.25) is 9.36 Å². The first-order valence-electron chi connectivity index (χ1n) is 12.0. The van der Waals surface area contributed by atoms with Crippen LogP contribution in [0.25, 0.3) is 22.3 Å². The fourth-order valence-corrected chi connectivity index (χ4v) is 4.17. The van der Waals surface area contributed by atoms with E-state index in [9.17, 15) is 10.1 Å². The molecule has 0 unspecified atom stereocenters. The van der Waals surface area contributed by atoms with E-state index >= 15 is 0 Å². The SMILES string of the molecule is CCOc1nc(=O)c(-c2ccc(OC(C)C)cc2)c(C)n1Cc1ccc(-c2ccccc2C#N)cc1. The van der Waals surface area contributed by atoms with Crippen molar-refractivity contribution in [1.29, 1.82) is 5.26 Å². The first-order valence-corrected chi connectivity index (χ1v) is 12.0. The summed E-state index contributed by atoms with van der Waals surface area (Å²) in [6, 6.07) is 25.7. The van der Waals surface area contributed by atoms with Gasteiger partial charge in [-0.05, 0) is 68.1 Å². The van der Waals surface area contributed by atoms with Crippen molar-refractivity contribution in [3.63, 3.8) is 0 Å². The standard InChI is InChI=1S/C30H29N3O3/c1-5-35-30-32-29(34)28(24-14-16-26(17-15-24)36-20(2)3)21(4)33(30)19-22-10-12-23(13-11-22)27-9-7-6-8-25(27)18-31/h6-17,20H,5,19H2,1-4H3. The Hall–Kier alpha value is -4.37. The Kier molecular flexibility index (Phi) is 7.50. The third-order valence-electron chi connectivity index (χ3n) is 5.85. The van der Waals surface area contributed by atoms with E-state index in [-0.39, 0.29) is 11.7 Å². The molecule has 0 saturated carbocycles. The number of rotatable bonds is 8. The second-order valence-corrected chi connectivity index (χ2v) is 8.72. The molecule has 3 aromatic carbocycles. The number of benzene rings is 3. The third kappa shape index (κ3) is 5.31. The molecule has 0 radical (unpaired) electrons. The van der Waals surface area contributed by atoms with E-state index in [1.807, 2.05) is 105 Å². The van der Waals surface area contributed by atoms with E-state index in [0.29, 0.717) is 30.3 Å². The molecular weight excluding hydrogens is 450 g/mol. The maximum atomic E-state index is 13.0. The summed E-state index contributed by atoms with van der Waals surface area (Å²) < 4.78 is 13.4. The van der Waals surface area contributed by atoms with Crippen molar-refractivity contribution in [3.8, 4) is 40.1 Å². The lowest BCUT2D eigenvalue weighted by molar-refractivity contribution is 0.242. The molecule has 36 heavy (non-hydrogen) atoms. The first-order chi connectivity index (χ1) is 17.4. The van der Waals surface area contributed by atoms with Crippen LogP contribution in [-0.2, 0) is 6.54 Å². The predicted molar refractivity (Wildman–Crippen MR) is 141 cm³/mol. The Bertz CT molecular complexity index is 1450. The highest BCUT2D eigenvalue weighted by Crippen LogP contribution is 2.27. The van der Waals surface area contributed by atoms with Gasteiger partial charge in [0.15, 0.2) is 0 Å². The van der Waals surface area contributed by atoms with Crippen LogP contribution in [0.15, 0.2) is 77.6 Å². The van der Waals surface area contributed by atoms with Crippen molar-refractivity contribution < 1.29 is 9.47 Å². The molecule has 6 heteroatoms. The quantitative estimate of drug-likeness (QED) is 0.310. The van der Waals surface area contributed by atoms with Crippen molar-refractivity contribution in [1.82, 2.24) is 9.55 Å². The smallest absolute Gasteiger partial charge is 0.300 e. The summed E-state index contributed by atoms with van der Waals surface area (Å²) in [7, 11) is 0. The number of ether oxygens (including phenoxy) is 2. The average molecular weight is 480 g/mol. The highest BCUT2D eigenvalue weighted by atomic mass is 16.5. The molecule has 0 bridgehead atoms. The molecule has 0 amide bonds. The molecule has 0 atom stereocenters. The summed E-state index contributed by atoms with van der Waals surface area (Å²) in [6.07, 6.45) is 0.0710. The Labute approximate surface area is 211 Å². The van der Waals surface area contributed by atoms with Gasteiger partial charge in [0, 0.05) is 5.69 Å². The highest BCUT2D eigenvalue weighted by Gasteiger charge is 2.17. The molecule has 0 saturated heterocycles. The van der Waals surface area contributed by atoms with Gasteiger partial charge < -0.3 is 9.47 Å². The molecule has 0 fully saturated rings. The molecule has 0 aliphatic rings. The van der Waals surface area contributed by atoms with Crippen LogP contribution in [0.4, 0.5) is 0 Å². The van der Waals surface area contributed by atoms with Gasteiger partial charge in [-0.25, -0.2) is 0 Å². The normalized spacial score (nSPS) is 10.8. The lowest BCUT2D eigenvalue weighted by Crippen LogP contribution is -2.21. The van der Waals surface area contributed by atoms with E-state index < -0.39 is 0 Å². The first kappa shape index (κ1) is 24.7. The van der Waals surface area contributed by atoms with Gasteiger partial charge in [-0.15, -0.1) is 0 Å². The predicted octanol–water partition coefficient (Wildman–Crippen LogP) is 5.99. The summed E-state index contributed by atoms with van der Waals surface area (Å²) in [5.74, 6) is 0.753. The highest BCUT2D eigenvalue weighted by molar-refractivity contribution is 5.70. The fraction of sp³-hybridized carbons (Fsp3) is 0.233. The zero-order valence-corrected chi connectivity index (χ0v) is 21.0. The molecule has 0 aliphatic heterocycles. The van der Waals surface area contributed by atoms with Crippen LogP contribution >= 0.6 is 0 Å². The second kappa shape index (κ2) is 10.9. The topological polar surface area (TPSA) is 77.1 Å². The minimum absolute atomic E-state index is 0.0710. The van der Waals surface area contributed by atoms with E-state index in [2.05, 4.69) is 11.1 Å². The lowest BCUT2D eigenvalue weighted by atomic mass is 9.99. The van der Waals surface area contributed by atoms with E-state index in [1.54, 1.807) is 0 Å². The van der Waals surface area contributed by atoms with Crippen LogP contribution < -0.4 is 15.0 Å². The van der Waals surface area contributed by atoms with Gasteiger partial charge in [0.25, 0.3) is 11.6 Å². The van der Waals surface area contributed by atoms with Crippen LogP contribution in [0.3, 0.4) is 0 Å². The van der Waals surface area contributed by atoms with Gasteiger partial charge in [-0.1, -0.05) is 54.6 Å². The third-order valence-corrected chi connectivity index (χ3v) is 5.85. The molecule has 4 rings (SSSR count). The minimum atomic E-state index is -0.326. The Morgan fingerprint density at radius 2 is 1.64 bits per heavy atom. The van der Waals surface area contributed by atoms with Gasteiger partial charge in [-0.2, -0.15) is 10.2 Å². The average Bonchev–Trinajstić information content (AvgIpc) is 2.87. The summed E-state index contributed by atoms with van der Waals surface area (Å²) in [5.41, 5.74) is 5.29.